The van der Waals surface area contributed by atoms with Crippen molar-refractivity contribution in [2.75, 3.05) is 59.4 Å². The van der Waals surface area contributed by atoms with Crippen molar-refractivity contribution in [3.63, 3.8) is 0 Å². The third-order valence-electron chi connectivity index (χ3n) is 10.3. The van der Waals surface area contributed by atoms with Gasteiger partial charge in [0.05, 0.1) is 63.1 Å². The van der Waals surface area contributed by atoms with Gasteiger partial charge in [-0.05, 0) is 13.3 Å². The largest absolute Gasteiger partial charge is 0.459 e. The van der Waals surface area contributed by atoms with Gasteiger partial charge in [0.1, 0.15) is 62.5 Å². The Hall–Kier alpha value is -0.870. The van der Waals surface area contributed by atoms with Crippen LogP contribution in [0.15, 0.2) is 0 Å². The van der Waals surface area contributed by atoms with Crippen molar-refractivity contribution < 1.29 is 97.8 Å². The van der Waals surface area contributed by atoms with Crippen molar-refractivity contribution in [3.05, 3.63) is 0 Å². The van der Waals surface area contributed by atoms with Gasteiger partial charge in [-0.25, -0.2) is 4.79 Å². The summed E-state index contributed by atoms with van der Waals surface area (Å²) < 4.78 is 55.1. The fourth-order valence-electron chi connectivity index (χ4n) is 6.82. The minimum Gasteiger partial charge on any atom is -0.459 e. The SMILES string of the molecule is CC1OC(OC2C(CNC(=O)COCCOCC(=O)OCC(Cl)(Cl)Cl)OCCC2OC2OC(CO)C(C)C(OC3OC(CO)C(C)C(O)C3O)C2O)C(O)C(O)C1O. The van der Waals surface area contributed by atoms with E-state index in [-0.39, 0.29) is 32.8 Å². The van der Waals surface area contributed by atoms with Gasteiger partial charge in [0, 0.05) is 25.0 Å². The van der Waals surface area contributed by atoms with Gasteiger partial charge in [-0.1, -0.05) is 48.7 Å². The van der Waals surface area contributed by atoms with Crippen LogP contribution in [0.4, 0.5) is 0 Å². The maximum absolute atomic E-state index is 12.7. The number of hydrogen-bond donors (Lipinski definition) is 9. The van der Waals surface area contributed by atoms with Crippen LogP contribution in [0.1, 0.15) is 27.2 Å². The Labute approximate surface area is 349 Å². The van der Waals surface area contributed by atoms with Crippen LogP contribution in [-0.2, 0) is 57.0 Å². The van der Waals surface area contributed by atoms with Crippen LogP contribution in [0.2, 0.25) is 0 Å². The summed E-state index contributed by atoms with van der Waals surface area (Å²) >= 11 is 16.6. The molecule has 0 spiro atoms. The Kier molecular flexibility index (Phi) is 19.7. The maximum atomic E-state index is 12.7. The average Bonchev–Trinajstić information content (AvgIpc) is 3.18. The number of rotatable bonds is 18. The first-order chi connectivity index (χ1) is 27.4. The van der Waals surface area contributed by atoms with E-state index in [1.54, 1.807) is 13.8 Å². The second-order valence-corrected chi connectivity index (χ2v) is 17.1. The zero-order valence-corrected chi connectivity index (χ0v) is 34.3. The van der Waals surface area contributed by atoms with Crippen LogP contribution in [0.25, 0.3) is 0 Å². The molecule has 0 aromatic heterocycles. The van der Waals surface area contributed by atoms with E-state index in [9.17, 15) is 50.4 Å². The molecular formula is C34H56Cl3NO20. The smallest absolute Gasteiger partial charge is 0.332 e. The summed E-state index contributed by atoms with van der Waals surface area (Å²) in [6.45, 7) is 1.99. The number of aliphatic hydroxyl groups is 8. The number of amides is 1. The quantitative estimate of drug-likeness (QED) is 0.0368. The summed E-state index contributed by atoms with van der Waals surface area (Å²) in [5.41, 5.74) is 0. The molecule has 21 nitrogen and oxygen atoms in total. The molecule has 4 saturated heterocycles. The van der Waals surface area contributed by atoms with E-state index in [0.29, 0.717) is 0 Å². The van der Waals surface area contributed by atoms with Crippen LogP contribution >= 0.6 is 34.8 Å². The highest BCUT2D eigenvalue weighted by atomic mass is 35.6. The molecule has 0 aromatic rings. The van der Waals surface area contributed by atoms with Gasteiger partial charge in [-0.3, -0.25) is 4.79 Å². The summed E-state index contributed by atoms with van der Waals surface area (Å²) in [6.07, 6.45) is -21.0. The van der Waals surface area contributed by atoms with E-state index in [4.69, 9.17) is 82.2 Å². The minimum absolute atomic E-state index is 0.0398. The van der Waals surface area contributed by atoms with E-state index in [1.807, 2.05) is 0 Å². The summed E-state index contributed by atoms with van der Waals surface area (Å²) in [5.74, 6) is -2.72. The number of esters is 1. The standard InChI is InChI=1S/C34H56Cl3NO20/c1-14-19(9-39)55-32(26(46)23(14)43)57-29-15(2)20(10-40)56-33(28(29)48)54-17-4-5-51-18(30(17)58-31-27(47)25(45)24(44)16(3)53-31)8-38-21(41)11-49-6-7-50-12-22(42)52-13-34(35,36)37/h14-20,23-33,39-40,43-48H,4-13H2,1-3H3,(H,38,41). The predicted molar refractivity (Wildman–Crippen MR) is 195 cm³/mol. The zero-order chi connectivity index (χ0) is 42.9. The van der Waals surface area contributed by atoms with E-state index in [0.717, 1.165) is 0 Å². The van der Waals surface area contributed by atoms with Crippen LogP contribution in [0.5, 0.6) is 0 Å². The number of halogens is 3. The van der Waals surface area contributed by atoms with Gasteiger partial charge in [0.15, 0.2) is 18.9 Å². The molecule has 4 heterocycles. The third kappa shape index (κ3) is 13.6. The molecule has 0 radical (unpaired) electrons. The lowest BCUT2D eigenvalue weighted by atomic mass is 9.89. The average molecular weight is 905 g/mol. The van der Waals surface area contributed by atoms with Crippen LogP contribution in [0, 0.1) is 11.8 Å². The number of nitrogens with one attached hydrogen (secondary N) is 1. The molecule has 4 aliphatic heterocycles. The molecule has 24 heteroatoms. The molecule has 0 bridgehead atoms. The monoisotopic (exact) mass is 903 g/mol. The lowest BCUT2D eigenvalue weighted by Crippen LogP contribution is -2.63. The molecule has 1 amide bonds. The molecule has 0 aromatic carbocycles. The summed E-state index contributed by atoms with van der Waals surface area (Å²) in [7, 11) is 0. The van der Waals surface area contributed by atoms with E-state index >= 15 is 0 Å². The van der Waals surface area contributed by atoms with E-state index in [1.165, 1.54) is 6.92 Å². The highest BCUT2D eigenvalue weighted by Gasteiger charge is 2.52. The molecule has 18 atom stereocenters. The Morgan fingerprint density at radius 1 is 0.690 bits per heavy atom. The molecule has 338 valence electrons. The van der Waals surface area contributed by atoms with Crippen LogP contribution in [-0.4, -0.2) is 214 Å². The molecule has 9 N–H and O–H groups in total. The molecular weight excluding hydrogens is 849 g/mol. The molecule has 4 rings (SSSR count). The number of carbonyl (C=O) groups excluding carboxylic acids is 2. The summed E-state index contributed by atoms with van der Waals surface area (Å²) in [6, 6.07) is 0. The number of alkyl halides is 3. The fourth-order valence-corrected chi connectivity index (χ4v) is 6.98. The predicted octanol–water partition coefficient (Wildman–Crippen LogP) is -3.39. The summed E-state index contributed by atoms with van der Waals surface area (Å²) in [5, 5.41) is 87.1. The van der Waals surface area contributed by atoms with Crippen molar-refractivity contribution in [1.29, 1.82) is 0 Å². The van der Waals surface area contributed by atoms with Crippen molar-refractivity contribution in [2.24, 2.45) is 11.8 Å². The first-order valence-corrected chi connectivity index (χ1v) is 20.0. The maximum Gasteiger partial charge on any atom is 0.332 e. The number of carbonyl (C=O) groups is 2. The lowest BCUT2D eigenvalue weighted by molar-refractivity contribution is -0.367. The van der Waals surface area contributed by atoms with Gasteiger partial charge in [-0.15, -0.1) is 0 Å². The van der Waals surface area contributed by atoms with Gasteiger partial charge >= 0.3 is 5.97 Å². The number of hydrogen-bond acceptors (Lipinski definition) is 20. The second kappa shape index (κ2) is 23.0. The van der Waals surface area contributed by atoms with Crippen molar-refractivity contribution in [1.82, 2.24) is 5.32 Å². The zero-order valence-electron chi connectivity index (χ0n) is 32.1. The Morgan fingerprint density at radius 3 is 1.90 bits per heavy atom. The molecule has 4 aliphatic rings. The first kappa shape index (κ1) is 49.8. The first-order valence-electron chi connectivity index (χ1n) is 18.9. The van der Waals surface area contributed by atoms with Gasteiger partial charge < -0.3 is 93.5 Å². The highest BCUT2D eigenvalue weighted by Crippen LogP contribution is 2.36. The fraction of sp³-hybridized carbons (Fsp3) is 0.941. The third-order valence-corrected chi connectivity index (χ3v) is 10.7. The number of aliphatic hydroxyl groups excluding tert-OH is 8. The Morgan fingerprint density at radius 2 is 1.26 bits per heavy atom. The van der Waals surface area contributed by atoms with Crippen molar-refractivity contribution in [2.45, 2.75) is 129 Å². The van der Waals surface area contributed by atoms with Gasteiger partial charge in [-0.2, -0.15) is 0 Å². The van der Waals surface area contributed by atoms with Gasteiger partial charge in [0.25, 0.3) is 0 Å². The molecule has 4 fully saturated rings. The molecule has 0 aliphatic carbocycles. The molecule has 58 heavy (non-hydrogen) atoms. The van der Waals surface area contributed by atoms with Gasteiger partial charge in [0.2, 0.25) is 9.70 Å². The topological polar surface area (TPSA) is 300 Å². The van der Waals surface area contributed by atoms with Crippen molar-refractivity contribution >= 4 is 46.7 Å². The second-order valence-electron chi connectivity index (χ2n) is 14.6. The van der Waals surface area contributed by atoms with Crippen molar-refractivity contribution in [3.8, 4) is 0 Å². The minimum atomic E-state index is -1.77. The van der Waals surface area contributed by atoms with E-state index in [2.05, 4.69) is 5.32 Å². The van der Waals surface area contributed by atoms with E-state index < -0.39 is 159 Å². The molecule has 18 unspecified atom stereocenters. The normalized spacial score (nSPS) is 41.2. The Bertz CT molecular complexity index is 1270. The molecule has 0 saturated carbocycles. The number of ether oxygens (including phenoxy) is 10. The van der Waals surface area contributed by atoms with Crippen LogP contribution < -0.4 is 5.32 Å². The van der Waals surface area contributed by atoms with Crippen LogP contribution in [0.3, 0.4) is 0 Å². The Balaban J connectivity index is 1.41. The summed E-state index contributed by atoms with van der Waals surface area (Å²) in [4.78, 5) is 24.4. The highest BCUT2D eigenvalue weighted by molar-refractivity contribution is 6.67. The lowest BCUT2D eigenvalue weighted by Gasteiger charge is -2.48.